The van der Waals surface area contributed by atoms with E-state index in [2.05, 4.69) is 20.3 Å². The molecule has 0 amide bonds. The van der Waals surface area contributed by atoms with Crippen molar-refractivity contribution >= 4 is 64.0 Å². The quantitative estimate of drug-likeness (QED) is 0.732. The van der Waals surface area contributed by atoms with Gasteiger partial charge in [0.1, 0.15) is 0 Å². The Morgan fingerprint density at radius 2 is 1.67 bits per heavy atom. The van der Waals surface area contributed by atoms with E-state index in [0.717, 1.165) is 26.2 Å². The number of aromatic nitrogens is 3. The molecule has 2 aromatic rings. The number of hydrogen-bond donors (Lipinski definition) is 1. The number of nitrogens with zero attached hydrogens (tertiary/aromatic N) is 4. The van der Waals surface area contributed by atoms with Gasteiger partial charge in [0.2, 0.25) is 9.74 Å². The van der Waals surface area contributed by atoms with Crippen LogP contribution in [0.3, 0.4) is 0 Å². The molecule has 10 heteroatoms. The van der Waals surface area contributed by atoms with Gasteiger partial charge in [-0.3, -0.25) is 0 Å². The summed E-state index contributed by atoms with van der Waals surface area (Å²) in [6.45, 7) is 3.17. The molecule has 1 aromatic heterocycles. The van der Waals surface area contributed by atoms with Crippen LogP contribution in [-0.4, -0.2) is 41.1 Å². The first-order valence-corrected chi connectivity index (χ1v) is 8.98. The number of halogens is 5. The third-order valence-corrected chi connectivity index (χ3v) is 4.70. The minimum atomic E-state index is -1.75. The zero-order chi connectivity index (χ0) is 17.3. The monoisotopic (exact) mass is 425 g/mol. The van der Waals surface area contributed by atoms with Crippen molar-refractivity contribution in [2.75, 3.05) is 31.1 Å². The smallest absolute Gasteiger partial charge is 0.250 e. The first-order valence-electron chi connectivity index (χ1n) is 7.09. The first kappa shape index (κ1) is 18.2. The molecule has 5 nitrogen and oxygen atoms in total. The van der Waals surface area contributed by atoms with Crippen molar-refractivity contribution in [1.82, 2.24) is 20.3 Å². The van der Waals surface area contributed by atoms with Crippen molar-refractivity contribution in [3.05, 3.63) is 34.1 Å². The molecule has 1 saturated heterocycles. The number of alkyl halides is 3. The number of piperazine rings is 1. The summed E-state index contributed by atoms with van der Waals surface area (Å²) in [5, 5.41) is 4.11. The fourth-order valence-electron chi connectivity index (χ4n) is 2.26. The van der Waals surface area contributed by atoms with Gasteiger partial charge in [-0.15, -0.1) is 0 Å². The van der Waals surface area contributed by atoms with Crippen LogP contribution in [0.1, 0.15) is 5.82 Å². The highest BCUT2D eigenvalue weighted by atomic mass is 35.6. The summed E-state index contributed by atoms with van der Waals surface area (Å²) in [6.07, 6.45) is 0. The minimum Gasteiger partial charge on any atom is -0.338 e. The molecule has 24 heavy (non-hydrogen) atoms. The summed E-state index contributed by atoms with van der Waals surface area (Å²) >= 11 is 30.0. The molecule has 128 valence electrons. The Kier molecular flexibility index (Phi) is 5.59. The highest BCUT2D eigenvalue weighted by Crippen LogP contribution is 2.37. The lowest BCUT2D eigenvalue weighted by molar-refractivity contribution is 0.578. The molecule has 1 fully saturated rings. The molecule has 0 spiro atoms. The molecule has 1 aliphatic rings. The van der Waals surface area contributed by atoms with E-state index < -0.39 is 3.79 Å². The van der Waals surface area contributed by atoms with Crippen LogP contribution in [0.2, 0.25) is 10.0 Å². The van der Waals surface area contributed by atoms with Crippen LogP contribution in [0.25, 0.3) is 11.4 Å². The largest absolute Gasteiger partial charge is 0.338 e. The number of nitrogens with one attached hydrogen (secondary N) is 1. The van der Waals surface area contributed by atoms with Crippen LogP contribution in [0.5, 0.6) is 0 Å². The fraction of sp³-hybridized carbons (Fsp3) is 0.357. The van der Waals surface area contributed by atoms with E-state index in [1.807, 2.05) is 4.90 Å². The molecule has 1 aliphatic heterocycles. The molecule has 0 bridgehead atoms. The van der Waals surface area contributed by atoms with Gasteiger partial charge in [0.25, 0.3) is 0 Å². The molecular weight excluding hydrogens is 415 g/mol. The molecule has 0 saturated carbocycles. The zero-order valence-corrected chi connectivity index (χ0v) is 16.0. The van der Waals surface area contributed by atoms with E-state index in [9.17, 15) is 0 Å². The average Bonchev–Trinajstić information content (AvgIpc) is 2.57. The number of anilines is 1. The van der Waals surface area contributed by atoms with E-state index in [1.54, 1.807) is 18.2 Å². The van der Waals surface area contributed by atoms with E-state index in [1.165, 1.54) is 0 Å². The lowest BCUT2D eigenvalue weighted by Gasteiger charge is -2.28. The van der Waals surface area contributed by atoms with Gasteiger partial charge in [0.05, 0.1) is 10.0 Å². The van der Waals surface area contributed by atoms with Crippen LogP contribution in [-0.2, 0) is 3.79 Å². The standard InChI is InChI=1S/C14H12Cl5N5/c15-9-2-1-8(7-10(9)16)11-21-12(14(17,18)19)23-13(22-11)24-5-3-20-4-6-24/h1-2,7,20H,3-6H2. The average molecular weight is 428 g/mol. The van der Waals surface area contributed by atoms with Gasteiger partial charge in [-0.1, -0.05) is 58.0 Å². The predicted octanol–water partition coefficient (Wildman–Crippen LogP) is 4.08. The maximum Gasteiger partial charge on any atom is 0.250 e. The van der Waals surface area contributed by atoms with Gasteiger partial charge in [-0.25, -0.2) is 4.98 Å². The Hall–Kier alpha value is -0.560. The molecule has 0 radical (unpaired) electrons. The number of rotatable bonds is 2. The number of hydrogen-bond acceptors (Lipinski definition) is 5. The van der Waals surface area contributed by atoms with Gasteiger partial charge in [0, 0.05) is 31.7 Å². The molecule has 0 aliphatic carbocycles. The van der Waals surface area contributed by atoms with Gasteiger partial charge in [-0.2, -0.15) is 9.97 Å². The Bertz CT molecular complexity index is 743. The highest BCUT2D eigenvalue weighted by molar-refractivity contribution is 6.66. The van der Waals surface area contributed by atoms with Crippen LogP contribution in [0, 0.1) is 0 Å². The number of benzene rings is 1. The van der Waals surface area contributed by atoms with Gasteiger partial charge in [0.15, 0.2) is 11.6 Å². The lowest BCUT2D eigenvalue weighted by Crippen LogP contribution is -2.44. The molecule has 2 heterocycles. The summed E-state index contributed by atoms with van der Waals surface area (Å²) in [4.78, 5) is 15.1. The topological polar surface area (TPSA) is 53.9 Å². The van der Waals surface area contributed by atoms with Gasteiger partial charge < -0.3 is 10.2 Å². The Balaban J connectivity index is 2.08. The Morgan fingerprint density at radius 1 is 0.958 bits per heavy atom. The van der Waals surface area contributed by atoms with E-state index >= 15 is 0 Å². The maximum absolute atomic E-state index is 6.08. The molecular formula is C14H12Cl5N5. The lowest BCUT2D eigenvalue weighted by atomic mass is 10.2. The van der Waals surface area contributed by atoms with Crippen LogP contribution in [0.4, 0.5) is 5.95 Å². The third-order valence-electron chi connectivity index (χ3n) is 3.45. The van der Waals surface area contributed by atoms with E-state index in [-0.39, 0.29) is 5.82 Å². The Morgan fingerprint density at radius 3 is 2.29 bits per heavy atom. The summed E-state index contributed by atoms with van der Waals surface area (Å²) < 4.78 is -1.75. The zero-order valence-electron chi connectivity index (χ0n) is 12.2. The highest BCUT2D eigenvalue weighted by Gasteiger charge is 2.29. The Labute approximate surface area is 164 Å². The van der Waals surface area contributed by atoms with Gasteiger partial charge >= 0.3 is 0 Å². The van der Waals surface area contributed by atoms with E-state index in [0.29, 0.717) is 27.4 Å². The van der Waals surface area contributed by atoms with Crippen LogP contribution in [0.15, 0.2) is 18.2 Å². The second-order valence-electron chi connectivity index (χ2n) is 5.15. The maximum atomic E-state index is 6.08. The second kappa shape index (κ2) is 7.36. The predicted molar refractivity (Wildman–Crippen MR) is 99.6 cm³/mol. The summed E-state index contributed by atoms with van der Waals surface area (Å²) in [5.41, 5.74) is 0.665. The second-order valence-corrected chi connectivity index (χ2v) is 8.24. The van der Waals surface area contributed by atoms with Crippen molar-refractivity contribution in [3.63, 3.8) is 0 Å². The van der Waals surface area contributed by atoms with Crippen molar-refractivity contribution in [1.29, 1.82) is 0 Å². The van der Waals surface area contributed by atoms with Crippen molar-refractivity contribution < 1.29 is 0 Å². The minimum absolute atomic E-state index is 0.0668. The molecule has 0 atom stereocenters. The normalized spacial score (nSPS) is 15.6. The molecule has 3 rings (SSSR count). The summed E-state index contributed by atoms with van der Waals surface area (Å²) in [5.74, 6) is 0.907. The summed E-state index contributed by atoms with van der Waals surface area (Å²) in [7, 11) is 0. The molecule has 0 unspecified atom stereocenters. The van der Waals surface area contributed by atoms with Crippen LogP contribution < -0.4 is 10.2 Å². The summed E-state index contributed by atoms with van der Waals surface area (Å²) in [6, 6.07) is 5.10. The first-order chi connectivity index (χ1) is 11.3. The van der Waals surface area contributed by atoms with Gasteiger partial charge in [-0.05, 0) is 18.2 Å². The van der Waals surface area contributed by atoms with E-state index in [4.69, 9.17) is 58.0 Å². The third kappa shape index (κ3) is 4.15. The fourth-order valence-corrected chi connectivity index (χ4v) is 2.81. The molecule has 1 aromatic carbocycles. The SMILES string of the molecule is Clc1ccc(-c2nc(N3CCNCC3)nc(C(Cl)(Cl)Cl)n2)cc1Cl. The van der Waals surface area contributed by atoms with Crippen LogP contribution >= 0.6 is 58.0 Å². The molecule has 1 N–H and O–H groups in total. The van der Waals surface area contributed by atoms with Crippen molar-refractivity contribution in [2.24, 2.45) is 0 Å². The van der Waals surface area contributed by atoms with Crippen molar-refractivity contribution in [3.8, 4) is 11.4 Å². The van der Waals surface area contributed by atoms with Crippen molar-refractivity contribution in [2.45, 2.75) is 3.79 Å².